The lowest BCUT2D eigenvalue weighted by Gasteiger charge is -2.37. The molecule has 0 spiro atoms. The fraction of sp³-hybridized carbons (Fsp3) is 0.421. The first kappa shape index (κ1) is 19.7. The summed E-state index contributed by atoms with van der Waals surface area (Å²) in [6.45, 7) is 2.77. The minimum Gasteiger partial charge on any atom is -0.469 e. The molecule has 1 aromatic carbocycles. The molecule has 148 valence electrons. The van der Waals surface area contributed by atoms with E-state index in [1.807, 2.05) is 0 Å². The van der Waals surface area contributed by atoms with Gasteiger partial charge in [-0.3, -0.25) is 33.8 Å². The highest BCUT2D eigenvalue weighted by Gasteiger charge is 2.49. The van der Waals surface area contributed by atoms with Crippen LogP contribution in [-0.4, -0.2) is 59.1 Å². The van der Waals surface area contributed by atoms with Gasteiger partial charge in [0.05, 0.1) is 23.7 Å². The summed E-state index contributed by atoms with van der Waals surface area (Å²) < 4.78 is 18.7. The van der Waals surface area contributed by atoms with Crippen LogP contribution in [0.3, 0.4) is 0 Å². The Balaban J connectivity index is 1.90. The van der Waals surface area contributed by atoms with E-state index in [2.05, 4.69) is 0 Å². The Labute approximate surface area is 160 Å². The summed E-state index contributed by atoms with van der Waals surface area (Å²) in [4.78, 5) is 64.0. The van der Waals surface area contributed by atoms with Gasteiger partial charge in [-0.2, -0.15) is 0 Å². The van der Waals surface area contributed by atoms with E-state index < -0.39 is 46.9 Å². The molecule has 0 bridgehead atoms. The zero-order valence-corrected chi connectivity index (χ0v) is 15.7. The molecule has 1 atom stereocenters. The quantitative estimate of drug-likeness (QED) is 0.564. The number of halogens is 1. The van der Waals surface area contributed by atoms with Crippen molar-refractivity contribution in [2.75, 3.05) is 13.7 Å². The molecule has 2 aliphatic heterocycles. The number of piperidine rings is 1. The molecule has 1 saturated heterocycles. The molecule has 28 heavy (non-hydrogen) atoms. The van der Waals surface area contributed by atoms with Gasteiger partial charge in [0.2, 0.25) is 5.91 Å². The lowest BCUT2D eigenvalue weighted by Crippen LogP contribution is -2.58. The summed E-state index contributed by atoms with van der Waals surface area (Å²) in [5, 5.41) is 0. The van der Waals surface area contributed by atoms with Gasteiger partial charge in [-0.05, 0) is 32.4 Å². The Morgan fingerprint density at radius 1 is 1.21 bits per heavy atom. The van der Waals surface area contributed by atoms with Crippen LogP contribution < -0.4 is 0 Å². The van der Waals surface area contributed by atoms with E-state index in [9.17, 15) is 28.4 Å². The monoisotopic (exact) mass is 390 g/mol. The van der Waals surface area contributed by atoms with Gasteiger partial charge in [-0.25, -0.2) is 4.39 Å². The third-order valence-corrected chi connectivity index (χ3v) is 4.98. The SMILES string of the molecule is COC(=O)C(C)(C)CN1C(=O)CCC(N2C(=O)c3cccc(F)c3C2=O)C1=O. The molecule has 0 aromatic heterocycles. The molecule has 0 N–H and O–H groups in total. The van der Waals surface area contributed by atoms with Crippen molar-refractivity contribution in [2.45, 2.75) is 32.7 Å². The average Bonchev–Trinajstić information content (AvgIpc) is 2.90. The number of likely N-dealkylation sites (tertiary alicyclic amines) is 1. The average molecular weight is 390 g/mol. The zero-order chi connectivity index (χ0) is 20.8. The molecule has 1 aromatic rings. The van der Waals surface area contributed by atoms with E-state index in [0.29, 0.717) is 4.90 Å². The summed E-state index contributed by atoms with van der Waals surface area (Å²) in [5.41, 5.74) is -1.66. The Kier molecular flexibility index (Phi) is 4.78. The van der Waals surface area contributed by atoms with E-state index in [0.717, 1.165) is 11.0 Å². The van der Waals surface area contributed by atoms with Crippen LogP contribution in [0, 0.1) is 11.2 Å². The lowest BCUT2D eigenvalue weighted by atomic mass is 9.91. The highest BCUT2D eigenvalue weighted by atomic mass is 19.1. The number of rotatable bonds is 4. The van der Waals surface area contributed by atoms with E-state index in [4.69, 9.17) is 4.74 Å². The number of benzene rings is 1. The third-order valence-electron chi connectivity index (χ3n) is 4.98. The van der Waals surface area contributed by atoms with Gasteiger partial charge in [0.15, 0.2) is 0 Å². The van der Waals surface area contributed by atoms with Crippen molar-refractivity contribution >= 4 is 29.6 Å². The topological polar surface area (TPSA) is 101 Å². The van der Waals surface area contributed by atoms with Gasteiger partial charge in [-0.15, -0.1) is 0 Å². The molecule has 2 aliphatic rings. The number of esters is 1. The van der Waals surface area contributed by atoms with Crippen molar-refractivity contribution in [3.63, 3.8) is 0 Å². The number of hydrogen-bond acceptors (Lipinski definition) is 6. The molecule has 0 radical (unpaired) electrons. The Morgan fingerprint density at radius 3 is 2.50 bits per heavy atom. The molecule has 0 saturated carbocycles. The highest BCUT2D eigenvalue weighted by Crippen LogP contribution is 2.31. The highest BCUT2D eigenvalue weighted by molar-refractivity contribution is 6.23. The van der Waals surface area contributed by atoms with Crippen molar-refractivity contribution in [3.8, 4) is 0 Å². The van der Waals surface area contributed by atoms with Crippen molar-refractivity contribution in [3.05, 3.63) is 35.1 Å². The molecule has 1 unspecified atom stereocenters. The first-order chi connectivity index (χ1) is 13.1. The van der Waals surface area contributed by atoms with Crippen LogP contribution in [0.2, 0.25) is 0 Å². The van der Waals surface area contributed by atoms with Gasteiger partial charge >= 0.3 is 5.97 Å². The van der Waals surface area contributed by atoms with Crippen molar-refractivity contribution < 1.29 is 33.1 Å². The first-order valence-electron chi connectivity index (χ1n) is 8.69. The second-order valence-electron chi connectivity index (χ2n) is 7.39. The summed E-state index contributed by atoms with van der Waals surface area (Å²) in [6.07, 6.45) is -0.149. The van der Waals surface area contributed by atoms with Crippen LogP contribution in [-0.2, 0) is 19.1 Å². The van der Waals surface area contributed by atoms with Crippen molar-refractivity contribution in [1.29, 1.82) is 0 Å². The number of carbonyl (C=O) groups is 5. The van der Waals surface area contributed by atoms with Gasteiger partial charge in [0.25, 0.3) is 17.7 Å². The van der Waals surface area contributed by atoms with Gasteiger partial charge < -0.3 is 4.74 Å². The zero-order valence-electron chi connectivity index (χ0n) is 15.7. The van der Waals surface area contributed by atoms with Crippen LogP contribution in [0.5, 0.6) is 0 Å². The number of fused-ring (bicyclic) bond motifs is 1. The molecule has 0 aliphatic carbocycles. The molecule has 8 nitrogen and oxygen atoms in total. The number of methoxy groups -OCH3 is 1. The number of amides is 4. The van der Waals surface area contributed by atoms with Crippen LogP contribution in [0.25, 0.3) is 0 Å². The fourth-order valence-electron chi connectivity index (χ4n) is 3.51. The minimum absolute atomic E-state index is 0.0556. The van der Waals surface area contributed by atoms with Crippen LogP contribution in [0.4, 0.5) is 4.39 Å². The van der Waals surface area contributed by atoms with Gasteiger partial charge in [0, 0.05) is 13.0 Å². The third kappa shape index (κ3) is 2.96. The van der Waals surface area contributed by atoms with Crippen LogP contribution in [0.1, 0.15) is 47.4 Å². The lowest BCUT2D eigenvalue weighted by molar-refractivity contribution is -0.159. The van der Waals surface area contributed by atoms with Crippen molar-refractivity contribution in [2.24, 2.45) is 5.41 Å². The normalized spacial score (nSPS) is 19.9. The minimum atomic E-state index is -1.24. The first-order valence-corrected chi connectivity index (χ1v) is 8.69. The number of hydrogen-bond donors (Lipinski definition) is 0. The molecule has 4 amide bonds. The summed E-state index contributed by atoms with van der Waals surface area (Å²) in [7, 11) is 1.19. The van der Waals surface area contributed by atoms with Gasteiger partial charge in [-0.1, -0.05) is 6.07 Å². The largest absolute Gasteiger partial charge is 0.469 e. The van der Waals surface area contributed by atoms with Crippen molar-refractivity contribution in [1.82, 2.24) is 9.80 Å². The van der Waals surface area contributed by atoms with Crippen LogP contribution >= 0.6 is 0 Å². The Morgan fingerprint density at radius 2 is 1.89 bits per heavy atom. The molecule has 2 heterocycles. The number of imide groups is 2. The predicted octanol–water partition coefficient (Wildman–Crippen LogP) is 1.14. The number of nitrogens with zero attached hydrogens (tertiary/aromatic N) is 2. The summed E-state index contributed by atoms with van der Waals surface area (Å²) in [6, 6.07) is 2.44. The van der Waals surface area contributed by atoms with E-state index in [1.54, 1.807) is 0 Å². The number of carbonyl (C=O) groups excluding carboxylic acids is 5. The Hall–Kier alpha value is -3.10. The van der Waals surface area contributed by atoms with E-state index in [-0.39, 0.29) is 30.5 Å². The summed E-state index contributed by atoms with van der Waals surface area (Å²) >= 11 is 0. The standard InChI is InChI=1S/C19H19FN2O6/c1-19(2,18(27)28-3)9-21-13(23)8-7-12(16(21)25)22-15(24)10-5-4-6-11(20)14(10)17(22)26/h4-6,12H,7-9H2,1-3H3. The maximum atomic E-state index is 14.0. The Bertz CT molecular complexity index is 910. The van der Waals surface area contributed by atoms with E-state index in [1.165, 1.54) is 33.1 Å². The molecule has 1 fully saturated rings. The van der Waals surface area contributed by atoms with E-state index >= 15 is 0 Å². The fourth-order valence-corrected chi connectivity index (χ4v) is 3.51. The predicted molar refractivity (Wildman–Crippen MR) is 92.4 cm³/mol. The molecular weight excluding hydrogens is 371 g/mol. The maximum absolute atomic E-state index is 14.0. The summed E-state index contributed by atoms with van der Waals surface area (Å²) in [5.74, 6) is -4.43. The van der Waals surface area contributed by atoms with Crippen LogP contribution in [0.15, 0.2) is 18.2 Å². The maximum Gasteiger partial charge on any atom is 0.313 e. The second kappa shape index (κ2) is 6.81. The second-order valence-corrected chi connectivity index (χ2v) is 7.39. The molecular formula is C19H19FN2O6. The smallest absolute Gasteiger partial charge is 0.313 e. The number of ether oxygens (including phenoxy) is 1. The van der Waals surface area contributed by atoms with Gasteiger partial charge in [0.1, 0.15) is 11.9 Å². The molecule has 3 rings (SSSR count). The molecule has 9 heteroatoms.